The van der Waals surface area contributed by atoms with E-state index in [1.54, 1.807) is 6.92 Å². The standard InChI is InChI=1S/C20H27F3O4/c1-3-4-5-6-7-8-9-14(2)26-17(24)12-13-18(25)27-16-11-10-15(21)19(22)20(16)23/h10-11,14H,3-9,12-13H2,1-2H3. The van der Waals surface area contributed by atoms with Crippen LogP contribution in [-0.2, 0) is 14.3 Å². The summed E-state index contributed by atoms with van der Waals surface area (Å²) in [5.74, 6) is -6.89. The number of unbranched alkanes of at least 4 members (excludes halogenated alkanes) is 5. The average Bonchev–Trinajstić information content (AvgIpc) is 2.63. The van der Waals surface area contributed by atoms with Crippen LogP contribution in [0.3, 0.4) is 0 Å². The fourth-order valence-corrected chi connectivity index (χ4v) is 2.52. The molecule has 0 spiro atoms. The lowest BCUT2D eigenvalue weighted by Gasteiger charge is -2.13. The summed E-state index contributed by atoms with van der Waals surface area (Å²) in [6.07, 6.45) is 6.79. The van der Waals surface area contributed by atoms with Crippen LogP contribution in [0.2, 0.25) is 0 Å². The molecule has 7 heteroatoms. The highest BCUT2D eigenvalue weighted by molar-refractivity contribution is 5.79. The summed E-state index contributed by atoms with van der Waals surface area (Å²) in [4.78, 5) is 23.4. The summed E-state index contributed by atoms with van der Waals surface area (Å²) < 4.78 is 49.1. The zero-order chi connectivity index (χ0) is 20.2. The van der Waals surface area contributed by atoms with Crippen molar-refractivity contribution in [2.45, 2.75) is 77.7 Å². The van der Waals surface area contributed by atoms with E-state index in [0.29, 0.717) is 6.07 Å². The smallest absolute Gasteiger partial charge is 0.311 e. The van der Waals surface area contributed by atoms with E-state index in [9.17, 15) is 22.8 Å². The molecule has 0 aliphatic heterocycles. The molecule has 152 valence electrons. The number of halogens is 3. The molecule has 0 aliphatic carbocycles. The molecule has 0 heterocycles. The van der Waals surface area contributed by atoms with E-state index in [1.165, 1.54) is 25.7 Å². The molecule has 1 unspecified atom stereocenters. The molecule has 0 amide bonds. The van der Waals surface area contributed by atoms with Crippen LogP contribution in [0.25, 0.3) is 0 Å². The maximum absolute atomic E-state index is 13.4. The fourth-order valence-electron chi connectivity index (χ4n) is 2.52. The molecule has 0 fully saturated rings. The minimum Gasteiger partial charge on any atom is -0.463 e. The van der Waals surface area contributed by atoms with Crippen molar-refractivity contribution in [3.05, 3.63) is 29.6 Å². The Balaban J connectivity index is 2.25. The highest BCUT2D eigenvalue weighted by Gasteiger charge is 2.18. The number of hydrogen-bond donors (Lipinski definition) is 0. The summed E-state index contributed by atoms with van der Waals surface area (Å²) in [6.45, 7) is 3.95. The van der Waals surface area contributed by atoms with E-state index in [4.69, 9.17) is 4.74 Å². The molecular weight excluding hydrogens is 361 g/mol. The topological polar surface area (TPSA) is 52.6 Å². The molecule has 0 aromatic heterocycles. The lowest BCUT2D eigenvalue weighted by Crippen LogP contribution is -2.17. The Kier molecular flexibility index (Phi) is 10.5. The zero-order valence-electron chi connectivity index (χ0n) is 15.9. The van der Waals surface area contributed by atoms with Crippen LogP contribution in [-0.4, -0.2) is 18.0 Å². The first kappa shape index (κ1) is 23.0. The summed E-state index contributed by atoms with van der Waals surface area (Å²) >= 11 is 0. The van der Waals surface area contributed by atoms with Gasteiger partial charge in [0, 0.05) is 0 Å². The van der Waals surface area contributed by atoms with Gasteiger partial charge in [-0.25, -0.2) is 8.78 Å². The Labute approximate surface area is 158 Å². The highest BCUT2D eigenvalue weighted by Crippen LogP contribution is 2.22. The minimum atomic E-state index is -1.72. The first-order valence-corrected chi connectivity index (χ1v) is 9.38. The van der Waals surface area contributed by atoms with Crippen molar-refractivity contribution in [1.29, 1.82) is 0 Å². The lowest BCUT2D eigenvalue weighted by molar-refractivity contribution is -0.151. The van der Waals surface area contributed by atoms with Gasteiger partial charge in [-0.3, -0.25) is 9.59 Å². The minimum absolute atomic E-state index is 0.231. The summed E-state index contributed by atoms with van der Waals surface area (Å²) in [6, 6.07) is 1.46. The molecule has 0 aliphatic rings. The Morgan fingerprint density at radius 3 is 2.26 bits per heavy atom. The fraction of sp³-hybridized carbons (Fsp3) is 0.600. The zero-order valence-corrected chi connectivity index (χ0v) is 15.9. The van der Waals surface area contributed by atoms with Gasteiger partial charge in [0.2, 0.25) is 5.82 Å². The third-order valence-electron chi connectivity index (χ3n) is 4.05. The van der Waals surface area contributed by atoms with Gasteiger partial charge in [0.15, 0.2) is 17.4 Å². The van der Waals surface area contributed by atoms with Gasteiger partial charge < -0.3 is 9.47 Å². The van der Waals surface area contributed by atoms with Crippen LogP contribution in [0, 0.1) is 17.5 Å². The van der Waals surface area contributed by atoms with E-state index in [1.807, 2.05) is 0 Å². The predicted molar refractivity (Wildman–Crippen MR) is 94.7 cm³/mol. The summed E-state index contributed by atoms with van der Waals surface area (Å²) in [7, 11) is 0. The van der Waals surface area contributed by atoms with Gasteiger partial charge in [0.05, 0.1) is 18.9 Å². The van der Waals surface area contributed by atoms with Crippen LogP contribution in [0.1, 0.15) is 71.6 Å². The Bertz CT molecular complexity index is 619. The summed E-state index contributed by atoms with van der Waals surface area (Å²) in [5.41, 5.74) is 0. The van der Waals surface area contributed by atoms with E-state index in [-0.39, 0.29) is 18.9 Å². The average molecular weight is 388 g/mol. The molecule has 4 nitrogen and oxygen atoms in total. The first-order valence-electron chi connectivity index (χ1n) is 9.38. The molecule has 0 saturated carbocycles. The second kappa shape index (κ2) is 12.4. The van der Waals surface area contributed by atoms with Gasteiger partial charge in [-0.15, -0.1) is 0 Å². The van der Waals surface area contributed by atoms with Gasteiger partial charge in [0.25, 0.3) is 0 Å². The lowest BCUT2D eigenvalue weighted by atomic mass is 10.1. The molecule has 1 rings (SSSR count). The number of esters is 2. The number of ether oxygens (including phenoxy) is 2. The Hall–Kier alpha value is -2.05. The van der Waals surface area contributed by atoms with Crippen molar-refractivity contribution in [3.8, 4) is 5.75 Å². The molecule has 0 radical (unpaired) electrons. The van der Waals surface area contributed by atoms with Gasteiger partial charge in [0.1, 0.15) is 0 Å². The molecule has 0 bridgehead atoms. The van der Waals surface area contributed by atoms with Crippen molar-refractivity contribution in [1.82, 2.24) is 0 Å². The normalized spacial score (nSPS) is 11.9. The number of carbonyl (C=O) groups is 2. The Morgan fingerprint density at radius 1 is 0.926 bits per heavy atom. The van der Waals surface area contributed by atoms with Crippen LogP contribution >= 0.6 is 0 Å². The second-order valence-electron chi connectivity index (χ2n) is 6.50. The van der Waals surface area contributed by atoms with Gasteiger partial charge in [-0.1, -0.05) is 39.0 Å². The molecule has 1 aromatic rings. The number of carbonyl (C=O) groups excluding carboxylic acids is 2. The number of hydrogen-bond acceptors (Lipinski definition) is 4. The van der Waals surface area contributed by atoms with Crippen LogP contribution in [0.5, 0.6) is 5.75 Å². The van der Waals surface area contributed by atoms with Crippen molar-refractivity contribution in [2.24, 2.45) is 0 Å². The maximum atomic E-state index is 13.4. The third kappa shape index (κ3) is 8.93. The van der Waals surface area contributed by atoms with Crippen LogP contribution < -0.4 is 4.74 Å². The van der Waals surface area contributed by atoms with E-state index >= 15 is 0 Å². The molecule has 0 N–H and O–H groups in total. The van der Waals surface area contributed by atoms with Gasteiger partial charge in [-0.2, -0.15) is 4.39 Å². The predicted octanol–water partition coefficient (Wildman–Crippen LogP) is 5.47. The van der Waals surface area contributed by atoms with E-state index < -0.39 is 35.1 Å². The van der Waals surface area contributed by atoms with Crippen molar-refractivity contribution in [2.75, 3.05) is 0 Å². The van der Waals surface area contributed by atoms with E-state index in [2.05, 4.69) is 11.7 Å². The van der Waals surface area contributed by atoms with Crippen LogP contribution in [0.15, 0.2) is 12.1 Å². The van der Waals surface area contributed by atoms with Gasteiger partial charge in [-0.05, 0) is 31.9 Å². The second-order valence-corrected chi connectivity index (χ2v) is 6.50. The SMILES string of the molecule is CCCCCCCCC(C)OC(=O)CCC(=O)Oc1ccc(F)c(F)c1F. The number of benzene rings is 1. The first-order chi connectivity index (χ1) is 12.8. The molecule has 27 heavy (non-hydrogen) atoms. The maximum Gasteiger partial charge on any atom is 0.311 e. The Morgan fingerprint density at radius 2 is 1.56 bits per heavy atom. The monoisotopic (exact) mass is 388 g/mol. The van der Waals surface area contributed by atoms with Gasteiger partial charge >= 0.3 is 11.9 Å². The third-order valence-corrected chi connectivity index (χ3v) is 4.05. The molecular formula is C20H27F3O4. The number of rotatable bonds is 12. The quantitative estimate of drug-likeness (QED) is 0.206. The van der Waals surface area contributed by atoms with Crippen LogP contribution in [0.4, 0.5) is 13.2 Å². The van der Waals surface area contributed by atoms with Crippen molar-refractivity contribution < 1.29 is 32.2 Å². The van der Waals surface area contributed by atoms with E-state index in [0.717, 1.165) is 25.3 Å². The molecule has 1 atom stereocenters. The van der Waals surface area contributed by atoms with Crippen molar-refractivity contribution >= 4 is 11.9 Å². The largest absolute Gasteiger partial charge is 0.463 e. The van der Waals surface area contributed by atoms with Crippen molar-refractivity contribution in [3.63, 3.8) is 0 Å². The summed E-state index contributed by atoms with van der Waals surface area (Å²) in [5, 5.41) is 0. The molecule has 1 aromatic carbocycles. The highest BCUT2D eigenvalue weighted by atomic mass is 19.2. The molecule has 0 saturated heterocycles.